The van der Waals surface area contributed by atoms with E-state index in [2.05, 4.69) is 10.3 Å². The van der Waals surface area contributed by atoms with Crippen molar-refractivity contribution in [1.29, 1.82) is 0 Å². The average molecular weight is 424 g/mol. The third-order valence-electron chi connectivity index (χ3n) is 4.60. The number of carbonyl (C=O) groups is 2. The number of hydrogen-bond donors (Lipinski definition) is 1. The molecular formula is C23H24N2O6. The third kappa shape index (κ3) is 4.85. The minimum atomic E-state index is -0.596. The van der Waals surface area contributed by atoms with Gasteiger partial charge in [-0.3, -0.25) is 9.78 Å². The summed E-state index contributed by atoms with van der Waals surface area (Å²) in [6.07, 6.45) is 0. The molecule has 0 saturated heterocycles. The zero-order chi connectivity index (χ0) is 22.5. The average Bonchev–Trinajstić information content (AvgIpc) is 2.76. The fourth-order valence-corrected chi connectivity index (χ4v) is 3.20. The topological polar surface area (TPSA) is 96.0 Å². The third-order valence-corrected chi connectivity index (χ3v) is 4.60. The summed E-state index contributed by atoms with van der Waals surface area (Å²) in [6, 6.07) is 10.5. The summed E-state index contributed by atoms with van der Waals surface area (Å²) in [5.41, 5.74) is 3.15. The Morgan fingerprint density at radius 1 is 0.935 bits per heavy atom. The summed E-state index contributed by atoms with van der Waals surface area (Å²) in [7, 11) is 4.45. The second-order valence-electron chi connectivity index (χ2n) is 6.87. The van der Waals surface area contributed by atoms with Crippen molar-refractivity contribution < 1.29 is 28.5 Å². The molecule has 0 spiro atoms. The maximum absolute atomic E-state index is 12.7. The summed E-state index contributed by atoms with van der Waals surface area (Å²) in [5.74, 6) is 0.0891. The van der Waals surface area contributed by atoms with Crippen molar-refractivity contribution in [3.8, 4) is 17.2 Å². The number of amides is 1. The predicted octanol–water partition coefficient (Wildman–Crippen LogP) is 3.67. The Labute approximate surface area is 180 Å². The number of benzene rings is 2. The number of methoxy groups -OCH3 is 3. The molecule has 0 bridgehead atoms. The van der Waals surface area contributed by atoms with Crippen LogP contribution < -0.4 is 19.5 Å². The van der Waals surface area contributed by atoms with Gasteiger partial charge < -0.3 is 24.3 Å². The molecule has 0 saturated carbocycles. The number of aryl methyl sites for hydroxylation is 2. The number of carbonyl (C=O) groups excluding carboxylic acids is 2. The quantitative estimate of drug-likeness (QED) is 0.578. The molecule has 8 nitrogen and oxygen atoms in total. The fraction of sp³-hybridized carbons (Fsp3) is 0.261. The zero-order valence-corrected chi connectivity index (χ0v) is 18.1. The smallest absolute Gasteiger partial charge is 0.339 e. The van der Waals surface area contributed by atoms with Crippen LogP contribution in [0.4, 0.5) is 5.69 Å². The first kappa shape index (κ1) is 21.9. The Bertz CT molecular complexity index is 1120. The molecule has 0 radical (unpaired) electrons. The van der Waals surface area contributed by atoms with Crippen LogP contribution in [0, 0.1) is 13.8 Å². The Morgan fingerprint density at radius 2 is 1.61 bits per heavy atom. The highest BCUT2D eigenvalue weighted by Gasteiger charge is 2.17. The number of ether oxygens (including phenoxy) is 4. The first-order valence-electron chi connectivity index (χ1n) is 9.51. The van der Waals surface area contributed by atoms with Gasteiger partial charge in [-0.05, 0) is 32.0 Å². The van der Waals surface area contributed by atoms with Crippen LogP contribution in [0.1, 0.15) is 21.6 Å². The molecule has 8 heteroatoms. The highest BCUT2D eigenvalue weighted by Crippen LogP contribution is 2.39. The van der Waals surface area contributed by atoms with E-state index in [1.807, 2.05) is 25.1 Å². The molecule has 31 heavy (non-hydrogen) atoms. The molecule has 0 aliphatic carbocycles. The lowest BCUT2D eigenvalue weighted by Gasteiger charge is -2.14. The maximum atomic E-state index is 12.7. The highest BCUT2D eigenvalue weighted by molar-refractivity contribution is 6.04. The van der Waals surface area contributed by atoms with Crippen molar-refractivity contribution in [1.82, 2.24) is 4.98 Å². The molecule has 0 aliphatic heterocycles. The standard InChI is InChI=1S/C23H24N2O6/c1-13-6-7-18-16(8-13)17(9-14(2)24-18)23(27)31-12-21(26)25-15-10-19(28-3)22(30-5)20(11-15)29-4/h6-11H,12H2,1-5H3,(H,25,26). The van der Waals surface area contributed by atoms with Crippen molar-refractivity contribution in [3.63, 3.8) is 0 Å². The SMILES string of the molecule is COc1cc(NC(=O)COC(=O)c2cc(C)nc3ccc(C)cc23)cc(OC)c1OC. The van der Waals surface area contributed by atoms with Crippen LogP contribution in [0.2, 0.25) is 0 Å². The lowest BCUT2D eigenvalue weighted by atomic mass is 10.1. The van der Waals surface area contributed by atoms with Gasteiger partial charge in [0.1, 0.15) is 0 Å². The van der Waals surface area contributed by atoms with Gasteiger partial charge in [0.2, 0.25) is 5.75 Å². The minimum absolute atomic E-state index is 0.367. The van der Waals surface area contributed by atoms with Crippen LogP contribution in [0.3, 0.4) is 0 Å². The number of nitrogens with one attached hydrogen (secondary N) is 1. The van der Waals surface area contributed by atoms with Gasteiger partial charge in [0, 0.05) is 28.9 Å². The molecule has 2 aromatic carbocycles. The lowest BCUT2D eigenvalue weighted by Crippen LogP contribution is -2.21. The summed E-state index contributed by atoms with van der Waals surface area (Å²) >= 11 is 0. The van der Waals surface area contributed by atoms with E-state index >= 15 is 0 Å². The number of fused-ring (bicyclic) bond motifs is 1. The zero-order valence-electron chi connectivity index (χ0n) is 18.1. The first-order valence-corrected chi connectivity index (χ1v) is 9.51. The number of hydrogen-bond acceptors (Lipinski definition) is 7. The molecule has 1 aromatic heterocycles. The van der Waals surface area contributed by atoms with Crippen LogP contribution >= 0.6 is 0 Å². The van der Waals surface area contributed by atoms with Gasteiger partial charge in [-0.2, -0.15) is 0 Å². The van der Waals surface area contributed by atoms with E-state index in [0.717, 1.165) is 5.56 Å². The summed E-state index contributed by atoms with van der Waals surface area (Å²) in [4.78, 5) is 29.5. The molecular weight excluding hydrogens is 400 g/mol. The fourth-order valence-electron chi connectivity index (χ4n) is 3.20. The molecule has 0 fully saturated rings. The summed E-state index contributed by atoms with van der Waals surface area (Å²) in [5, 5.41) is 3.34. The van der Waals surface area contributed by atoms with Crippen molar-refractivity contribution in [3.05, 3.63) is 53.2 Å². The summed E-state index contributed by atoms with van der Waals surface area (Å²) in [6.45, 7) is 3.27. The molecule has 3 rings (SSSR count). The Kier molecular flexibility index (Phi) is 6.59. The summed E-state index contributed by atoms with van der Waals surface area (Å²) < 4.78 is 21.1. The van der Waals surface area contributed by atoms with Crippen LogP contribution in [0.25, 0.3) is 10.9 Å². The van der Waals surface area contributed by atoms with Gasteiger partial charge in [0.25, 0.3) is 5.91 Å². The number of rotatable bonds is 7. The van der Waals surface area contributed by atoms with Crippen molar-refractivity contribution in [2.75, 3.05) is 33.3 Å². The van der Waals surface area contributed by atoms with Crippen molar-refractivity contribution in [2.45, 2.75) is 13.8 Å². The normalized spacial score (nSPS) is 10.5. The number of anilines is 1. The van der Waals surface area contributed by atoms with Gasteiger partial charge in [0.15, 0.2) is 18.1 Å². The molecule has 0 atom stereocenters. The second-order valence-corrected chi connectivity index (χ2v) is 6.87. The Balaban J connectivity index is 1.74. The molecule has 1 amide bonds. The molecule has 1 N–H and O–H groups in total. The van der Waals surface area contributed by atoms with E-state index in [1.165, 1.54) is 21.3 Å². The number of nitrogens with zero attached hydrogens (tertiary/aromatic N) is 1. The van der Waals surface area contributed by atoms with E-state index in [9.17, 15) is 9.59 Å². The van der Waals surface area contributed by atoms with E-state index in [-0.39, 0.29) is 0 Å². The molecule has 1 heterocycles. The van der Waals surface area contributed by atoms with E-state index < -0.39 is 18.5 Å². The van der Waals surface area contributed by atoms with Crippen LogP contribution in [0.5, 0.6) is 17.2 Å². The van der Waals surface area contributed by atoms with Gasteiger partial charge in [-0.15, -0.1) is 0 Å². The highest BCUT2D eigenvalue weighted by atomic mass is 16.5. The van der Waals surface area contributed by atoms with Gasteiger partial charge in [0.05, 0.1) is 32.4 Å². The number of aromatic nitrogens is 1. The van der Waals surface area contributed by atoms with E-state index in [1.54, 1.807) is 25.1 Å². The predicted molar refractivity (Wildman–Crippen MR) is 116 cm³/mol. The number of pyridine rings is 1. The van der Waals surface area contributed by atoms with E-state index in [4.69, 9.17) is 18.9 Å². The molecule has 0 unspecified atom stereocenters. The van der Waals surface area contributed by atoms with Crippen molar-refractivity contribution >= 4 is 28.5 Å². The largest absolute Gasteiger partial charge is 0.493 e. The van der Waals surface area contributed by atoms with Gasteiger partial charge in [-0.1, -0.05) is 11.6 Å². The lowest BCUT2D eigenvalue weighted by molar-refractivity contribution is -0.119. The van der Waals surface area contributed by atoms with Crippen LogP contribution in [-0.4, -0.2) is 44.8 Å². The Hall–Kier alpha value is -3.81. The van der Waals surface area contributed by atoms with Gasteiger partial charge >= 0.3 is 5.97 Å². The van der Waals surface area contributed by atoms with E-state index in [0.29, 0.717) is 45.1 Å². The molecule has 162 valence electrons. The van der Waals surface area contributed by atoms with Crippen molar-refractivity contribution in [2.24, 2.45) is 0 Å². The van der Waals surface area contributed by atoms with Crippen LogP contribution in [-0.2, 0) is 9.53 Å². The minimum Gasteiger partial charge on any atom is -0.493 e. The monoisotopic (exact) mass is 424 g/mol. The maximum Gasteiger partial charge on any atom is 0.339 e. The second kappa shape index (κ2) is 9.34. The molecule has 3 aromatic rings. The van der Waals surface area contributed by atoms with Crippen LogP contribution in [0.15, 0.2) is 36.4 Å². The Morgan fingerprint density at radius 3 is 2.23 bits per heavy atom. The first-order chi connectivity index (χ1) is 14.9. The molecule has 0 aliphatic rings. The number of esters is 1. The van der Waals surface area contributed by atoms with Gasteiger partial charge in [-0.25, -0.2) is 4.79 Å².